The van der Waals surface area contributed by atoms with Crippen LogP contribution in [0.5, 0.6) is 0 Å². The summed E-state index contributed by atoms with van der Waals surface area (Å²) in [5.41, 5.74) is 7.68. The Bertz CT molecular complexity index is 746. The molecule has 7 nitrogen and oxygen atoms in total. The predicted octanol–water partition coefficient (Wildman–Crippen LogP) is 1.60. The van der Waals surface area contributed by atoms with Gasteiger partial charge in [-0.25, -0.2) is 14.9 Å². The fourth-order valence-corrected chi connectivity index (χ4v) is 3.33. The quantitative estimate of drug-likeness (QED) is 0.586. The SMILES string of the molecule is Cc1cc(C)c(C(=N)N)c(Sc2n[nH]c(=O)n2C(C)C)n1. The van der Waals surface area contributed by atoms with E-state index in [9.17, 15) is 4.79 Å². The van der Waals surface area contributed by atoms with Crippen LogP contribution in [0.2, 0.25) is 0 Å². The third-order valence-electron chi connectivity index (χ3n) is 2.96. The molecule has 112 valence electrons. The highest BCUT2D eigenvalue weighted by Crippen LogP contribution is 2.29. The monoisotopic (exact) mass is 306 g/mol. The lowest BCUT2D eigenvalue weighted by molar-refractivity contribution is 0.534. The molecule has 0 fully saturated rings. The number of nitrogens with two attached hydrogens (primary N) is 1. The van der Waals surface area contributed by atoms with E-state index in [0.717, 1.165) is 11.3 Å². The first kappa shape index (κ1) is 15.3. The molecular weight excluding hydrogens is 288 g/mol. The van der Waals surface area contributed by atoms with Gasteiger partial charge in [0.15, 0.2) is 5.16 Å². The minimum atomic E-state index is -0.263. The van der Waals surface area contributed by atoms with Gasteiger partial charge >= 0.3 is 5.69 Å². The molecule has 0 radical (unpaired) electrons. The number of aromatic nitrogens is 4. The van der Waals surface area contributed by atoms with E-state index in [0.29, 0.717) is 15.7 Å². The molecule has 21 heavy (non-hydrogen) atoms. The maximum atomic E-state index is 11.8. The minimum absolute atomic E-state index is 0.0227. The van der Waals surface area contributed by atoms with Gasteiger partial charge in [0, 0.05) is 11.7 Å². The van der Waals surface area contributed by atoms with Crippen molar-refractivity contribution >= 4 is 17.6 Å². The van der Waals surface area contributed by atoms with Gasteiger partial charge in [-0.2, -0.15) is 0 Å². The van der Waals surface area contributed by atoms with Crippen LogP contribution in [0.25, 0.3) is 0 Å². The number of aromatic amines is 1. The maximum Gasteiger partial charge on any atom is 0.344 e. The lowest BCUT2D eigenvalue weighted by atomic mass is 10.1. The van der Waals surface area contributed by atoms with Crippen LogP contribution in [0, 0.1) is 19.3 Å². The molecule has 0 amide bonds. The molecule has 0 saturated heterocycles. The van der Waals surface area contributed by atoms with E-state index in [1.54, 1.807) is 4.57 Å². The third kappa shape index (κ3) is 2.99. The van der Waals surface area contributed by atoms with Crippen LogP contribution < -0.4 is 11.4 Å². The number of amidine groups is 1. The average Bonchev–Trinajstić information content (AvgIpc) is 2.68. The number of pyridine rings is 1. The normalized spacial score (nSPS) is 11.1. The Morgan fingerprint density at radius 1 is 1.48 bits per heavy atom. The van der Waals surface area contributed by atoms with Crippen LogP contribution in [0.4, 0.5) is 0 Å². The smallest absolute Gasteiger partial charge is 0.344 e. The molecule has 0 atom stereocenters. The first-order valence-corrected chi connectivity index (χ1v) is 7.30. The van der Waals surface area contributed by atoms with E-state index in [-0.39, 0.29) is 17.6 Å². The zero-order valence-corrected chi connectivity index (χ0v) is 13.2. The van der Waals surface area contributed by atoms with E-state index < -0.39 is 0 Å². The number of aryl methyl sites for hydroxylation is 2. The van der Waals surface area contributed by atoms with Gasteiger partial charge in [0.1, 0.15) is 10.9 Å². The molecule has 2 rings (SSSR count). The number of nitrogen functional groups attached to an aromatic ring is 1. The van der Waals surface area contributed by atoms with Crippen molar-refractivity contribution in [3.05, 3.63) is 33.4 Å². The summed E-state index contributed by atoms with van der Waals surface area (Å²) in [4.78, 5) is 16.2. The van der Waals surface area contributed by atoms with Gasteiger partial charge in [0.2, 0.25) is 0 Å². The second-order valence-electron chi connectivity index (χ2n) is 5.05. The van der Waals surface area contributed by atoms with Gasteiger partial charge in [-0.05, 0) is 51.1 Å². The van der Waals surface area contributed by atoms with Crippen molar-refractivity contribution in [1.29, 1.82) is 5.41 Å². The van der Waals surface area contributed by atoms with Gasteiger partial charge in [-0.15, -0.1) is 5.10 Å². The lowest BCUT2D eigenvalue weighted by Gasteiger charge is -2.12. The van der Waals surface area contributed by atoms with Gasteiger partial charge in [-0.3, -0.25) is 9.98 Å². The standard InChI is InChI=1S/C13H18N6OS/c1-6(2)19-12(20)17-18-13(19)21-11-9(10(14)15)7(3)5-8(4)16-11/h5-6H,1-4H3,(H3,14,15)(H,17,20). The third-order valence-corrected chi connectivity index (χ3v) is 3.92. The molecule has 0 bridgehead atoms. The Balaban J connectivity index is 2.54. The number of nitrogens with one attached hydrogen (secondary N) is 2. The lowest BCUT2D eigenvalue weighted by Crippen LogP contribution is -2.20. The molecule has 0 spiro atoms. The molecule has 2 aromatic rings. The molecule has 0 aliphatic rings. The Morgan fingerprint density at radius 3 is 2.71 bits per heavy atom. The molecular formula is C13H18N6OS. The zero-order chi connectivity index (χ0) is 15.7. The van der Waals surface area contributed by atoms with Crippen LogP contribution in [0.3, 0.4) is 0 Å². The Kier molecular flexibility index (Phi) is 4.17. The molecule has 8 heteroatoms. The second kappa shape index (κ2) is 5.72. The molecule has 0 aromatic carbocycles. The Labute approximate surface area is 126 Å². The molecule has 4 N–H and O–H groups in total. The number of hydrogen-bond acceptors (Lipinski definition) is 5. The Morgan fingerprint density at radius 2 is 2.14 bits per heavy atom. The fraction of sp³-hybridized carbons (Fsp3) is 0.385. The Hall–Kier alpha value is -2.09. The van der Waals surface area contributed by atoms with Crippen molar-refractivity contribution < 1.29 is 0 Å². The minimum Gasteiger partial charge on any atom is -0.384 e. The fourth-order valence-electron chi connectivity index (χ4n) is 2.11. The van der Waals surface area contributed by atoms with Gasteiger partial charge in [-0.1, -0.05) is 0 Å². The van der Waals surface area contributed by atoms with Gasteiger partial charge < -0.3 is 5.73 Å². The second-order valence-corrected chi connectivity index (χ2v) is 6.01. The summed E-state index contributed by atoms with van der Waals surface area (Å²) < 4.78 is 1.55. The number of H-pyrrole nitrogens is 1. The van der Waals surface area contributed by atoms with Crippen molar-refractivity contribution in [2.24, 2.45) is 5.73 Å². The molecule has 0 saturated carbocycles. The number of hydrogen-bond donors (Lipinski definition) is 3. The topological polar surface area (TPSA) is 113 Å². The summed E-state index contributed by atoms with van der Waals surface area (Å²) in [6, 6.07) is 1.85. The summed E-state index contributed by atoms with van der Waals surface area (Å²) >= 11 is 1.24. The highest BCUT2D eigenvalue weighted by Gasteiger charge is 2.18. The van der Waals surface area contributed by atoms with Crippen molar-refractivity contribution in [3.63, 3.8) is 0 Å². The van der Waals surface area contributed by atoms with Gasteiger partial charge in [0.05, 0.1) is 5.56 Å². The predicted molar refractivity (Wildman–Crippen MR) is 82.1 cm³/mol. The van der Waals surface area contributed by atoms with Crippen LogP contribution in [-0.4, -0.2) is 25.6 Å². The van der Waals surface area contributed by atoms with Crippen molar-refractivity contribution in [2.75, 3.05) is 0 Å². The molecule has 0 unspecified atom stereocenters. The zero-order valence-electron chi connectivity index (χ0n) is 12.4. The number of rotatable bonds is 4. The summed E-state index contributed by atoms with van der Waals surface area (Å²) in [7, 11) is 0. The molecule has 0 aliphatic carbocycles. The van der Waals surface area contributed by atoms with Crippen molar-refractivity contribution in [3.8, 4) is 0 Å². The van der Waals surface area contributed by atoms with Crippen molar-refractivity contribution in [2.45, 2.75) is 43.9 Å². The molecule has 2 aromatic heterocycles. The van der Waals surface area contributed by atoms with Crippen molar-refractivity contribution in [1.82, 2.24) is 19.7 Å². The summed E-state index contributed by atoms with van der Waals surface area (Å²) in [5, 5.41) is 15.3. The van der Waals surface area contributed by atoms with Crippen LogP contribution in [0.1, 0.15) is 36.7 Å². The average molecular weight is 306 g/mol. The van der Waals surface area contributed by atoms with Crippen LogP contribution in [-0.2, 0) is 0 Å². The largest absolute Gasteiger partial charge is 0.384 e. The van der Waals surface area contributed by atoms with Crippen LogP contribution >= 0.6 is 11.8 Å². The molecule has 0 aliphatic heterocycles. The first-order valence-electron chi connectivity index (χ1n) is 6.48. The first-order chi connectivity index (χ1) is 9.81. The van der Waals surface area contributed by atoms with Crippen LogP contribution in [0.15, 0.2) is 21.0 Å². The summed E-state index contributed by atoms with van der Waals surface area (Å²) in [6.45, 7) is 7.57. The van der Waals surface area contributed by atoms with E-state index in [1.165, 1.54) is 11.8 Å². The maximum absolute atomic E-state index is 11.8. The van der Waals surface area contributed by atoms with E-state index in [4.69, 9.17) is 11.1 Å². The molecule has 2 heterocycles. The highest BCUT2D eigenvalue weighted by atomic mass is 32.2. The van der Waals surface area contributed by atoms with Gasteiger partial charge in [0.25, 0.3) is 0 Å². The van der Waals surface area contributed by atoms with E-state index >= 15 is 0 Å². The number of nitrogens with zero attached hydrogens (tertiary/aromatic N) is 3. The van der Waals surface area contributed by atoms with E-state index in [2.05, 4.69) is 15.2 Å². The summed E-state index contributed by atoms with van der Waals surface area (Å²) in [6.07, 6.45) is 0. The van der Waals surface area contributed by atoms with E-state index in [1.807, 2.05) is 33.8 Å². The summed E-state index contributed by atoms with van der Waals surface area (Å²) in [5.74, 6) is -0.0449. The highest BCUT2D eigenvalue weighted by molar-refractivity contribution is 7.99.